The second kappa shape index (κ2) is 8.16. The highest BCUT2D eigenvalue weighted by Crippen LogP contribution is 1.86. The van der Waals surface area contributed by atoms with E-state index in [2.05, 4.69) is 4.72 Å². The normalized spacial score (nSPS) is 11.9. The highest BCUT2D eigenvalue weighted by Gasteiger charge is 2.07. The molecule has 0 aliphatic heterocycles. The molecule has 0 aromatic heterocycles. The Bertz CT molecular complexity index is 215. The Balaban J connectivity index is 3.46. The molecule has 0 radical (unpaired) electrons. The first-order valence-corrected chi connectivity index (χ1v) is 6.31. The molecule has 0 rings (SSSR count). The van der Waals surface area contributed by atoms with Gasteiger partial charge in [-0.05, 0) is 6.42 Å². The molecule has 5 nitrogen and oxygen atoms in total. The Morgan fingerprint density at radius 2 is 1.93 bits per heavy atom. The Morgan fingerprint density at radius 1 is 1.21 bits per heavy atom. The summed E-state index contributed by atoms with van der Waals surface area (Å²) in [4.78, 5) is 0. The first-order valence-electron chi connectivity index (χ1n) is 4.66. The van der Waals surface area contributed by atoms with E-state index in [0.29, 0.717) is 19.8 Å². The summed E-state index contributed by atoms with van der Waals surface area (Å²) in [5, 5.41) is 0. The highest BCUT2D eigenvalue weighted by molar-refractivity contribution is 7.89. The molecule has 0 spiro atoms. The first kappa shape index (κ1) is 13.8. The van der Waals surface area contributed by atoms with E-state index in [1.165, 1.54) is 0 Å². The summed E-state index contributed by atoms with van der Waals surface area (Å²) in [7, 11) is -1.57. The maximum atomic E-state index is 11.2. The largest absolute Gasteiger partial charge is 0.382 e. The van der Waals surface area contributed by atoms with Crippen LogP contribution in [0.3, 0.4) is 0 Å². The van der Waals surface area contributed by atoms with Crippen molar-refractivity contribution in [2.45, 2.75) is 13.3 Å². The van der Waals surface area contributed by atoms with Crippen LogP contribution in [0, 0.1) is 0 Å². The van der Waals surface area contributed by atoms with Crippen LogP contribution in [0.1, 0.15) is 13.3 Å². The third-order valence-corrected chi connectivity index (χ3v) is 2.85. The third-order valence-electron chi connectivity index (χ3n) is 1.50. The van der Waals surface area contributed by atoms with Gasteiger partial charge in [0.2, 0.25) is 10.0 Å². The van der Waals surface area contributed by atoms with Gasteiger partial charge in [0.05, 0.1) is 25.6 Å². The van der Waals surface area contributed by atoms with Gasteiger partial charge < -0.3 is 9.47 Å². The van der Waals surface area contributed by atoms with E-state index in [4.69, 9.17) is 9.47 Å². The number of hydrogen-bond acceptors (Lipinski definition) is 4. The smallest absolute Gasteiger partial charge is 0.213 e. The van der Waals surface area contributed by atoms with Crippen LogP contribution < -0.4 is 4.72 Å². The fourth-order valence-corrected chi connectivity index (χ4v) is 1.74. The average molecular weight is 225 g/mol. The SMILES string of the molecule is CCCNS(=O)(=O)CCOCCOC. The summed E-state index contributed by atoms with van der Waals surface area (Å²) in [6.07, 6.45) is 0.795. The Kier molecular flexibility index (Phi) is 8.07. The third kappa shape index (κ3) is 8.43. The van der Waals surface area contributed by atoms with Crippen LogP contribution in [0.4, 0.5) is 0 Å². The van der Waals surface area contributed by atoms with Crippen LogP contribution in [-0.4, -0.2) is 47.6 Å². The molecule has 0 saturated heterocycles. The lowest BCUT2D eigenvalue weighted by atomic mass is 10.5. The fourth-order valence-electron chi connectivity index (χ4n) is 0.743. The van der Waals surface area contributed by atoms with Crippen LogP contribution in [0.25, 0.3) is 0 Å². The minimum atomic E-state index is -3.15. The van der Waals surface area contributed by atoms with Crippen molar-refractivity contribution in [3.05, 3.63) is 0 Å². The molecule has 0 unspecified atom stereocenters. The summed E-state index contributed by atoms with van der Waals surface area (Å²) < 4.78 is 34.7. The lowest BCUT2D eigenvalue weighted by molar-refractivity contribution is 0.0784. The van der Waals surface area contributed by atoms with Crippen LogP contribution in [0.15, 0.2) is 0 Å². The van der Waals surface area contributed by atoms with Crippen molar-refractivity contribution in [1.82, 2.24) is 4.72 Å². The quantitative estimate of drug-likeness (QED) is 0.560. The van der Waals surface area contributed by atoms with E-state index < -0.39 is 10.0 Å². The second-order valence-corrected chi connectivity index (χ2v) is 4.74. The van der Waals surface area contributed by atoms with Crippen LogP contribution in [0.5, 0.6) is 0 Å². The van der Waals surface area contributed by atoms with Gasteiger partial charge in [0.25, 0.3) is 0 Å². The Labute approximate surface area is 85.8 Å². The number of ether oxygens (including phenoxy) is 2. The maximum Gasteiger partial charge on any atom is 0.213 e. The predicted molar refractivity (Wildman–Crippen MR) is 54.8 cm³/mol. The number of methoxy groups -OCH3 is 1. The Hall–Kier alpha value is -0.170. The van der Waals surface area contributed by atoms with Crippen molar-refractivity contribution in [3.63, 3.8) is 0 Å². The molecule has 14 heavy (non-hydrogen) atoms. The lowest BCUT2D eigenvalue weighted by Gasteiger charge is -2.05. The molecule has 0 saturated carbocycles. The molecule has 0 heterocycles. The standard InChI is InChI=1S/C8H19NO4S/c1-3-4-9-14(10,11)8-7-13-6-5-12-2/h9H,3-8H2,1-2H3. The molecule has 1 N–H and O–H groups in total. The van der Waals surface area contributed by atoms with Crippen molar-refractivity contribution in [3.8, 4) is 0 Å². The topological polar surface area (TPSA) is 64.6 Å². The van der Waals surface area contributed by atoms with E-state index in [9.17, 15) is 8.42 Å². The zero-order valence-corrected chi connectivity index (χ0v) is 9.60. The summed E-state index contributed by atoms with van der Waals surface area (Å²) in [6.45, 7) is 3.53. The van der Waals surface area contributed by atoms with Crippen molar-refractivity contribution < 1.29 is 17.9 Å². The number of nitrogens with one attached hydrogen (secondary N) is 1. The fraction of sp³-hybridized carbons (Fsp3) is 1.00. The van der Waals surface area contributed by atoms with Gasteiger partial charge in [-0.3, -0.25) is 0 Å². The van der Waals surface area contributed by atoms with E-state index >= 15 is 0 Å². The van der Waals surface area contributed by atoms with Gasteiger partial charge in [0.15, 0.2) is 0 Å². The van der Waals surface area contributed by atoms with Gasteiger partial charge in [-0.2, -0.15) is 0 Å². The van der Waals surface area contributed by atoms with Crippen molar-refractivity contribution in [1.29, 1.82) is 0 Å². The zero-order valence-electron chi connectivity index (χ0n) is 8.78. The summed E-state index contributed by atoms with van der Waals surface area (Å²) in [5.74, 6) is 0.0106. The number of rotatable bonds is 9. The molecular formula is C8H19NO4S. The molecule has 0 aromatic rings. The van der Waals surface area contributed by atoms with E-state index in [1.807, 2.05) is 6.92 Å². The molecule has 0 fully saturated rings. The summed E-state index contributed by atoms with van der Waals surface area (Å²) in [6, 6.07) is 0. The number of hydrogen-bond donors (Lipinski definition) is 1. The van der Waals surface area contributed by atoms with E-state index in [-0.39, 0.29) is 12.4 Å². The molecule has 6 heteroatoms. The molecular weight excluding hydrogens is 206 g/mol. The number of sulfonamides is 1. The van der Waals surface area contributed by atoms with Crippen molar-refractivity contribution in [2.75, 3.05) is 39.2 Å². The first-order chi connectivity index (χ1) is 6.62. The van der Waals surface area contributed by atoms with Crippen molar-refractivity contribution >= 4 is 10.0 Å². The molecule has 0 bridgehead atoms. The van der Waals surface area contributed by atoms with E-state index in [0.717, 1.165) is 6.42 Å². The van der Waals surface area contributed by atoms with Crippen LogP contribution >= 0.6 is 0 Å². The monoisotopic (exact) mass is 225 g/mol. The molecule has 0 aromatic carbocycles. The van der Waals surface area contributed by atoms with Gasteiger partial charge >= 0.3 is 0 Å². The molecule has 0 aliphatic carbocycles. The highest BCUT2D eigenvalue weighted by atomic mass is 32.2. The second-order valence-electron chi connectivity index (χ2n) is 2.82. The molecule has 0 amide bonds. The minimum Gasteiger partial charge on any atom is -0.382 e. The predicted octanol–water partition coefficient (Wildman–Crippen LogP) is -0.0212. The Morgan fingerprint density at radius 3 is 2.50 bits per heavy atom. The maximum absolute atomic E-state index is 11.2. The van der Waals surface area contributed by atoms with Gasteiger partial charge in [-0.1, -0.05) is 6.92 Å². The van der Waals surface area contributed by atoms with Crippen molar-refractivity contribution in [2.24, 2.45) is 0 Å². The molecule has 0 aliphatic rings. The van der Waals surface area contributed by atoms with Gasteiger partial charge in [-0.25, -0.2) is 13.1 Å². The summed E-state index contributed by atoms with van der Waals surface area (Å²) >= 11 is 0. The molecule has 86 valence electrons. The minimum absolute atomic E-state index is 0.0106. The van der Waals surface area contributed by atoms with E-state index in [1.54, 1.807) is 7.11 Å². The van der Waals surface area contributed by atoms with Gasteiger partial charge in [0, 0.05) is 13.7 Å². The van der Waals surface area contributed by atoms with Crippen LogP contribution in [-0.2, 0) is 19.5 Å². The lowest BCUT2D eigenvalue weighted by Crippen LogP contribution is -2.29. The van der Waals surface area contributed by atoms with Gasteiger partial charge in [0.1, 0.15) is 0 Å². The average Bonchev–Trinajstić information content (AvgIpc) is 2.15. The summed E-state index contributed by atoms with van der Waals surface area (Å²) in [5.41, 5.74) is 0. The zero-order chi connectivity index (χ0) is 10.9. The van der Waals surface area contributed by atoms with Crippen LogP contribution in [0.2, 0.25) is 0 Å². The molecule has 0 atom stereocenters. The van der Waals surface area contributed by atoms with Gasteiger partial charge in [-0.15, -0.1) is 0 Å².